The first-order chi connectivity index (χ1) is 10.0. The van der Waals surface area contributed by atoms with Crippen LogP contribution in [0.15, 0.2) is 30.6 Å². The molecule has 3 heteroatoms. The maximum absolute atomic E-state index is 4.10. The Morgan fingerprint density at radius 3 is 2.71 bits per heavy atom. The van der Waals surface area contributed by atoms with E-state index >= 15 is 0 Å². The molecule has 2 heterocycles. The molecule has 1 saturated heterocycles. The molecule has 0 radical (unpaired) electrons. The first-order valence-electron chi connectivity index (χ1n) is 7.84. The van der Waals surface area contributed by atoms with E-state index in [9.17, 15) is 0 Å². The summed E-state index contributed by atoms with van der Waals surface area (Å²) in [5.41, 5.74) is 5.25. The molecule has 0 amide bonds. The van der Waals surface area contributed by atoms with Gasteiger partial charge in [-0.15, -0.1) is 0 Å². The van der Waals surface area contributed by atoms with Gasteiger partial charge in [0.1, 0.15) is 0 Å². The summed E-state index contributed by atoms with van der Waals surface area (Å²) in [6, 6.07) is 6.82. The summed E-state index contributed by atoms with van der Waals surface area (Å²) in [4.78, 5) is 5.81. The summed E-state index contributed by atoms with van der Waals surface area (Å²) in [6.07, 6.45) is 1.28. The van der Waals surface area contributed by atoms with Crippen LogP contribution in [0.3, 0.4) is 0 Å². The Hall–Kier alpha value is -1.90. The molecule has 0 unspecified atom stereocenters. The maximum Gasteiger partial charge on any atom is 0.0941 e. The van der Waals surface area contributed by atoms with Crippen molar-refractivity contribution in [2.45, 2.75) is 39.7 Å². The number of rotatable bonds is 5. The van der Waals surface area contributed by atoms with E-state index in [2.05, 4.69) is 60.7 Å². The normalized spacial score (nSPS) is 14.6. The van der Waals surface area contributed by atoms with Gasteiger partial charge in [-0.1, -0.05) is 20.4 Å². The van der Waals surface area contributed by atoms with E-state index in [1.54, 1.807) is 0 Å². The Kier molecular flexibility index (Phi) is 3.66. The van der Waals surface area contributed by atoms with Crippen molar-refractivity contribution >= 4 is 10.9 Å². The van der Waals surface area contributed by atoms with Gasteiger partial charge in [0.25, 0.3) is 0 Å². The molecule has 1 aliphatic heterocycles. The molecular formula is C18H25N3. The molecule has 1 aliphatic rings. The van der Waals surface area contributed by atoms with Crippen LogP contribution in [0.4, 0.5) is 0 Å². The minimum absolute atomic E-state index is 0.561. The molecule has 2 aromatic rings. The van der Waals surface area contributed by atoms with Gasteiger partial charge in [-0.25, -0.2) is 0 Å². The lowest BCUT2D eigenvalue weighted by Crippen LogP contribution is -2.40. The maximum atomic E-state index is 4.10. The van der Waals surface area contributed by atoms with Crippen LogP contribution in [0.1, 0.15) is 43.0 Å². The summed E-state index contributed by atoms with van der Waals surface area (Å²) in [5.74, 6) is 1.60. The zero-order valence-electron chi connectivity index (χ0n) is 13.3. The highest BCUT2D eigenvalue weighted by molar-refractivity contribution is 5.82. The number of benzene rings is 1. The molecule has 1 fully saturated rings. The van der Waals surface area contributed by atoms with E-state index in [0.717, 1.165) is 25.5 Å². The van der Waals surface area contributed by atoms with E-state index < -0.39 is 0 Å². The van der Waals surface area contributed by atoms with Crippen molar-refractivity contribution in [2.24, 2.45) is 0 Å². The van der Waals surface area contributed by atoms with Crippen LogP contribution in [0.25, 0.3) is 10.9 Å². The summed E-state index contributed by atoms with van der Waals surface area (Å²) in [7, 11) is 0. The number of nitrogens with one attached hydrogen (secondary N) is 2. The summed E-state index contributed by atoms with van der Waals surface area (Å²) < 4.78 is 0. The van der Waals surface area contributed by atoms with E-state index in [1.165, 1.54) is 34.1 Å². The third-order valence-corrected chi connectivity index (χ3v) is 4.41. The Labute approximate surface area is 127 Å². The summed E-state index contributed by atoms with van der Waals surface area (Å²) >= 11 is 0. The average Bonchev–Trinajstić information content (AvgIpc) is 2.74. The summed E-state index contributed by atoms with van der Waals surface area (Å²) in [5, 5.41) is 4.71. The molecular weight excluding hydrogens is 258 g/mol. The van der Waals surface area contributed by atoms with Gasteiger partial charge in [-0.3, -0.25) is 0 Å². The SMILES string of the molecule is C=C(NCc1cc2cc(C)c(C(C)C)cc2[nH]1)N1CCC1. The molecule has 1 aromatic carbocycles. The number of hydrogen-bond donors (Lipinski definition) is 2. The van der Waals surface area contributed by atoms with Crippen LogP contribution < -0.4 is 5.32 Å². The third kappa shape index (κ3) is 2.78. The van der Waals surface area contributed by atoms with Crippen molar-refractivity contribution < 1.29 is 0 Å². The molecule has 2 N–H and O–H groups in total. The molecule has 0 aliphatic carbocycles. The Morgan fingerprint density at radius 1 is 1.33 bits per heavy atom. The number of aryl methyl sites for hydroxylation is 1. The van der Waals surface area contributed by atoms with Crippen LogP contribution >= 0.6 is 0 Å². The second-order valence-electron chi connectivity index (χ2n) is 6.39. The molecule has 3 nitrogen and oxygen atoms in total. The zero-order chi connectivity index (χ0) is 15.0. The van der Waals surface area contributed by atoms with Crippen molar-refractivity contribution in [3.8, 4) is 0 Å². The fraction of sp³-hybridized carbons (Fsp3) is 0.444. The minimum Gasteiger partial charge on any atom is -0.367 e. The topological polar surface area (TPSA) is 31.1 Å². The van der Waals surface area contributed by atoms with Gasteiger partial charge in [-0.05, 0) is 54.0 Å². The lowest BCUT2D eigenvalue weighted by atomic mass is 9.97. The van der Waals surface area contributed by atoms with Crippen LogP contribution in [-0.4, -0.2) is 23.0 Å². The van der Waals surface area contributed by atoms with Crippen molar-refractivity contribution in [3.63, 3.8) is 0 Å². The zero-order valence-corrected chi connectivity index (χ0v) is 13.3. The lowest BCUT2D eigenvalue weighted by Gasteiger charge is -2.34. The Bertz CT molecular complexity index is 662. The molecule has 3 rings (SSSR count). The first-order valence-corrected chi connectivity index (χ1v) is 7.84. The lowest BCUT2D eigenvalue weighted by molar-refractivity contribution is 0.222. The standard InChI is InChI=1S/C18H25N3/c1-12(2)17-10-18-15(8-13(17)3)9-16(20-18)11-19-14(4)21-6-5-7-21/h8-10,12,19-20H,4-7,11H2,1-3H3. The van der Waals surface area contributed by atoms with Gasteiger partial charge in [-0.2, -0.15) is 0 Å². The van der Waals surface area contributed by atoms with Gasteiger partial charge < -0.3 is 15.2 Å². The highest BCUT2D eigenvalue weighted by atomic mass is 15.3. The fourth-order valence-corrected chi connectivity index (χ4v) is 2.98. The first kappa shape index (κ1) is 14.1. The van der Waals surface area contributed by atoms with Gasteiger partial charge in [0.05, 0.1) is 12.4 Å². The minimum atomic E-state index is 0.561. The number of likely N-dealkylation sites (tertiary alicyclic amines) is 1. The fourth-order valence-electron chi connectivity index (χ4n) is 2.98. The number of nitrogens with zero attached hydrogens (tertiary/aromatic N) is 1. The van der Waals surface area contributed by atoms with Crippen molar-refractivity contribution in [1.82, 2.24) is 15.2 Å². The van der Waals surface area contributed by atoms with Gasteiger partial charge >= 0.3 is 0 Å². The molecule has 112 valence electrons. The molecule has 0 saturated carbocycles. The van der Waals surface area contributed by atoms with Crippen LogP contribution in [0, 0.1) is 6.92 Å². The van der Waals surface area contributed by atoms with E-state index in [1.807, 2.05) is 0 Å². The van der Waals surface area contributed by atoms with Crippen LogP contribution in [0.2, 0.25) is 0 Å². The molecule has 1 aromatic heterocycles. The second kappa shape index (κ2) is 5.47. The molecule has 0 bridgehead atoms. The smallest absolute Gasteiger partial charge is 0.0941 e. The highest BCUT2D eigenvalue weighted by Crippen LogP contribution is 2.25. The van der Waals surface area contributed by atoms with Crippen LogP contribution in [-0.2, 0) is 6.54 Å². The predicted molar refractivity (Wildman–Crippen MR) is 89.3 cm³/mol. The van der Waals surface area contributed by atoms with E-state index in [4.69, 9.17) is 0 Å². The number of hydrogen-bond acceptors (Lipinski definition) is 2. The number of fused-ring (bicyclic) bond motifs is 1. The second-order valence-corrected chi connectivity index (χ2v) is 6.39. The van der Waals surface area contributed by atoms with E-state index in [-0.39, 0.29) is 0 Å². The van der Waals surface area contributed by atoms with E-state index in [0.29, 0.717) is 5.92 Å². The Balaban J connectivity index is 1.75. The Morgan fingerprint density at radius 2 is 2.10 bits per heavy atom. The number of H-pyrrole nitrogens is 1. The highest BCUT2D eigenvalue weighted by Gasteiger charge is 2.15. The molecule has 0 spiro atoms. The largest absolute Gasteiger partial charge is 0.367 e. The number of aromatic nitrogens is 1. The van der Waals surface area contributed by atoms with Crippen molar-refractivity contribution in [3.05, 3.63) is 47.4 Å². The van der Waals surface area contributed by atoms with Gasteiger partial charge in [0, 0.05) is 24.3 Å². The predicted octanol–water partition coefficient (Wildman–Crippen LogP) is 3.87. The molecule has 0 atom stereocenters. The van der Waals surface area contributed by atoms with Crippen molar-refractivity contribution in [2.75, 3.05) is 13.1 Å². The molecule has 21 heavy (non-hydrogen) atoms. The van der Waals surface area contributed by atoms with Gasteiger partial charge in [0.15, 0.2) is 0 Å². The number of aromatic amines is 1. The van der Waals surface area contributed by atoms with Crippen molar-refractivity contribution in [1.29, 1.82) is 0 Å². The quantitative estimate of drug-likeness (QED) is 0.873. The average molecular weight is 283 g/mol. The monoisotopic (exact) mass is 283 g/mol. The third-order valence-electron chi connectivity index (χ3n) is 4.41. The summed E-state index contributed by atoms with van der Waals surface area (Å²) in [6.45, 7) is 13.9. The van der Waals surface area contributed by atoms with Gasteiger partial charge in [0.2, 0.25) is 0 Å². The van der Waals surface area contributed by atoms with Crippen LogP contribution in [0.5, 0.6) is 0 Å².